The highest BCUT2D eigenvalue weighted by molar-refractivity contribution is 6.31. The summed E-state index contributed by atoms with van der Waals surface area (Å²) in [4.78, 5) is 24.6. The van der Waals surface area contributed by atoms with Crippen LogP contribution in [-0.4, -0.2) is 31.2 Å². The molecule has 6 nitrogen and oxygen atoms in total. The van der Waals surface area contributed by atoms with Gasteiger partial charge in [-0.05, 0) is 42.8 Å². The number of hydrogen-bond donors (Lipinski definition) is 1. The van der Waals surface area contributed by atoms with Crippen molar-refractivity contribution in [3.63, 3.8) is 0 Å². The normalized spacial score (nSPS) is 16.2. The zero-order valence-corrected chi connectivity index (χ0v) is 16.0. The summed E-state index contributed by atoms with van der Waals surface area (Å²) < 4.78 is 11.1. The van der Waals surface area contributed by atoms with E-state index in [1.807, 2.05) is 25.1 Å². The van der Waals surface area contributed by atoms with E-state index in [0.717, 1.165) is 11.1 Å². The number of cyclic esters (lactones) is 1. The quantitative estimate of drug-likeness (QED) is 0.819. The smallest absolute Gasteiger partial charge is 0.414 e. The first kappa shape index (κ1) is 19.0. The number of carbonyl (C=O) groups is 2. The van der Waals surface area contributed by atoms with Crippen LogP contribution in [0.4, 0.5) is 10.5 Å². The van der Waals surface area contributed by atoms with E-state index >= 15 is 0 Å². The largest absolute Gasteiger partial charge is 0.489 e. The number of rotatable bonds is 6. The fraction of sp³-hybridized carbons (Fsp3) is 0.300. The van der Waals surface area contributed by atoms with Gasteiger partial charge in [-0.15, -0.1) is 0 Å². The first-order chi connectivity index (χ1) is 12.9. The predicted octanol–water partition coefficient (Wildman–Crippen LogP) is 3.69. The van der Waals surface area contributed by atoms with Gasteiger partial charge in [0.05, 0.1) is 13.1 Å². The summed E-state index contributed by atoms with van der Waals surface area (Å²) >= 11 is 6.22. The second-order valence-electron chi connectivity index (χ2n) is 6.37. The Balaban J connectivity index is 1.60. The number of hydrogen-bond acceptors (Lipinski definition) is 4. The molecule has 0 bridgehead atoms. The van der Waals surface area contributed by atoms with E-state index in [9.17, 15) is 9.59 Å². The Labute approximate surface area is 163 Å². The molecule has 1 fully saturated rings. The van der Waals surface area contributed by atoms with Crippen molar-refractivity contribution in [3.8, 4) is 5.75 Å². The molecular weight excluding hydrogens is 368 g/mol. The first-order valence-electron chi connectivity index (χ1n) is 8.63. The highest BCUT2D eigenvalue weighted by Gasteiger charge is 2.32. The van der Waals surface area contributed by atoms with Gasteiger partial charge in [0.15, 0.2) is 0 Å². The average molecular weight is 389 g/mol. The lowest BCUT2D eigenvalue weighted by atomic mass is 10.1. The van der Waals surface area contributed by atoms with Crippen molar-refractivity contribution in [2.24, 2.45) is 0 Å². The fourth-order valence-electron chi connectivity index (χ4n) is 2.82. The molecule has 3 rings (SSSR count). The number of nitrogens with one attached hydrogen (secondary N) is 1. The molecule has 27 heavy (non-hydrogen) atoms. The number of nitrogens with zero attached hydrogens (tertiary/aromatic N) is 1. The average Bonchev–Trinajstić information content (AvgIpc) is 3.01. The topological polar surface area (TPSA) is 67.9 Å². The van der Waals surface area contributed by atoms with Gasteiger partial charge in [0, 0.05) is 23.2 Å². The third-order valence-electron chi connectivity index (χ3n) is 4.34. The van der Waals surface area contributed by atoms with Crippen molar-refractivity contribution in [1.29, 1.82) is 0 Å². The minimum atomic E-state index is -0.425. The van der Waals surface area contributed by atoms with Crippen molar-refractivity contribution in [2.45, 2.75) is 26.6 Å². The maximum atomic E-state index is 12.0. The Hall–Kier alpha value is -2.73. The highest BCUT2D eigenvalue weighted by Crippen LogP contribution is 2.26. The second-order valence-corrected chi connectivity index (χ2v) is 6.78. The molecule has 1 aliphatic rings. The Kier molecular flexibility index (Phi) is 5.86. The zero-order valence-electron chi connectivity index (χ0n) is 15.2. The van der Waals surface area contributed by atoms with Gasteiger partial charge in [-0.1, -0.05) is 23.7 Å². The number of anilines is 1. The number of carbonyl (C=O) groups excluding carboxylic acids is 2. The molecule has 7 heteroatoms. The van der Waals surface area contributed by atoms with Gasteiger partial charge in [-0.2, -0.15) is 0 Å². The van der Waals surface area contributed by atoms with Gasteiger partial charge in [0.1, 0.15) is 18.5 Å². The standard InChI is InChI=1S/C20H21ClN2O4/c1-13-4-3-5-19(21)18(13)12-26-16-8-6-15(7-9-16)23-11-17(27-20(23)25)10-22-14(2)24/h3-9,17H,10-12H2,1-2H3,(H,22,24). The van der Waals surface area contributed by atoms with Crippen LogP contribution in [0.25, 0.3) is 0 Å². The molecule has 2 amide bonds. The van der Waals surface area contributed by atoms with Crippen LogP contribution in [0.15, 0.2) is 42.5 Å². The number of aryl methyl sites for hydroxylation is 1. The molecule has 2 aromatic rings. The lowest BCUT2D eigenvalue weighted by Gasteiger charge is -2.14. The van der Waals surface area contributed by atoms with Gasteiger partial charge in [0.2, 0.25) is 5.91 Å². The van der Waals surface area contributed by atoms with E-state index in [2.05, 4.69) is 5.32 Å². The fourth-order valence-corrected chi connectivity index (χ4v) is 3.10. The molecule has 1 atom stereocenters. The Morgan fingerprint density at radius 3 is 2.70 bits per heavy atom. The lowest BCUT2D eigenvalue weighted by Crippen LogP contribution is -2.33. The van der Waals surface area contributed by atoms with Crippen LogP contribution in [0.1, 0.15) is 18.1 Å². The maximum Gasteiger partial charge on any atom is 0.414 e. The highest BCUT2D eigenvalue weighted by atomic mass is 35.5. The number of benzene rings is 2. The number of amides is 2. The summed E-state index contributed by atoms with van der Waals surface area (Å²) in [5.74, 6) is 0.528. The van der Waals surface area contributed by atoms with Crippen molar-refractivity contribution >= 4 is 29.3 Å². The Bertz CT molecular complexity index is 818. The molecule has 1 saturated heterocycles. The van der Waals surface area contributed by atoms with Gasteiger partial charge >= 0.3 is 6.09 Å². The maximum absolute atomic E-state index is 12.0. The molecule has 0 radical (unpaired) electrons. The van der Waals surface area contributed by atoms with Crippen LogP contribution in [0.2, 0.25) is 5.02 Å². The Morgan fingerprint density at radius 1 is 1.30 bits per heavy atom. The monoisotopic (exact) mass is 388 g/mol. The van der Waals surface area contributed by atoms with Gasteiger partial charge in [0.25, 0.3) is 0 Å². The molecule has 1 aliphatic heterocycles. The van der Waals surface area contributed by atoms with Crippen molar-refractivity contribution in [1.82, 2.24) is 5.32 Å². The molecule has 1 N–H and O–H groups in total. The predicted molar refractivity (Wildman–Crippen MR) is 103 cm³/mol. The first-order valence-corrected chi connectivity index (χ1v) is 9.01. The summed E-state index contributed by atoms with van der Waals surface area (Å²) in [5, 5.41) is 3.33. The molecule has 2 aromatic carbocycles. The minimum Gasteiger partial charge on any atom is -0.489 e. The van der Waals surface area contributed by atoms with Crippen LogP contribution in [0.5, 0.6) is 5.75 Å². The lowest BCUT2D eigenvalue weighted by molar-refractivity contribution is -0.119. The van der Waals surface area contributed by atoms with Crippen LogP contribution in [0, 0.1) is 6.92 Å². The van der Waals surface area contributed by atoms with Gasteiger partial charge in [-0.25, -0.2) is 4.79 Å². The third kappa shape index (κ3) is 4.71. The van der Waals surface area contributed by atoms with Crippen molar-refractivity contribution in [2.75, 3.05) is 18.0 Å². The van der Waals surface area contributed by atoms with E-state index in [1.54, 1.807) is 24.3 Å². The molecule has 0 aliphatic carbocycles. The zero-order chi connectivity index (χ0) is 19.4. The van der Waals surface area contributed by atoms with Gasteiger partial charge < -0.3 is 14.8 Å². The molecule has 0 spiro atoms. The number of halogens is 1. The Morgan fingerprint density at radius 2 is 2.04 bits per heavy atom. The molecule has 1 heterocycles. The molecule has 142 valence electrons. The minimum absolute atomic E-state index is 0.153. The number of ether oxygens (including phenoxy) is 2. The van der Waals surface area contributed by atoms with Gasteiger partial charge in [-0.3, -0.25) is 9.69 Å². The summed E-state index contributed by atoms with van der Waals surface area (Å²) in [6.07, 6.45) is -0.786. The van der Waals surface area contributed by atoms with Crippen molar-refractivity contribution < 1.29 is 19.1 Å². The third-order valence-corrected chi connectivity index (χ3v) is 4.69. The summed E-state index contributed by atoms with van der Waals surface area (Å²) in [5.41, 5.74) is 2.74. The summed E-state index contributed by atoms with van der Waals surface area (Å²) in [7, 11) is 0. The van der Waals surface area contributed by atoms with E-state index in [0.29, 0.717) is 36.2 Å². The molecular formula is C20H21ClN2O4. The summed E-state index contributed by atoms with van der Waals surface area (Å²) in [6.45, 7) is 4.48. The van der Waals surface area contributed by atoms with E-state index < -0.39 is 6.09 Å². The van der Waals surface area contributed by atoms with Crippen molar-refractivity contribution in [3.05, 3.63) is 58.6 Å². The second kappa shape index (κ2) is 8.31. The summed E-state index contributed by atoms with van der Waals surface area (Å²) in [6, 6.07) is 12.9. The van der Waals surface area contributed by atoms with E-state index in [-0.39, 0.29) is 12.0 Å². The molecule has 1 unspecified atom stereocenters. The van der Waals surface area contributed by atoms with Crippen LogP contribution in [-0.2, 0) is 16.1 Å². The van der Waals surface area contributed by atoms with E-state index in [4.69, 9.17) is 21.1 Å². The molecule has 0 saturated carbocycles. The SMILES string of the molecule is CC(=O)NCC1CN(c2ccc(OCc3c(C)cccc3Cl)cc2)C(=O)O1. The van der Waals surface area contributed by atoms with E-state index in [1.165, 1.54) is 11.8 Å². The van der Waals surface area contributed by atoms with Crippen LogP contribution in [0.3, 0.4) is 0 Å². The van der Waals surface area contributed by atoms with Crippen LogP contribution >= 0.6 is 11.6 Å². The van der Waals surface area contributed by atoms with Crippen LogP contribution < -0.4 is 15.0 Å². The molecule has 0 aromatic heterocycles.